The predicted molar refractivity (Wildman–Crippen MR) is 102 cm³/mol. The molecular formula is C18H16ClN3O2S. The fourth-order valence-electron chi connectivity index (χ4n) is 2.64. The summed E-state index contributed by atoms with van der Waals surface area (Å²) >= 11 is 11.1. The van der Waals surface area contributed by atoms with Gasteiger partial charge in [-0.1, -0.05) is 23.7 Å². The fraction of sp³-hybridized carbons (Fsp3) is 0.167. The number of amides is 1. The first-order valence-electron chi connectivity index (χ1n) is 7.60. The van der Waals surface area contributed by atoms with E-state index in [1.807, 2.05) is 18.2 Å². The van der Waals surface area contributed by atoms with Gasteiger partial charge in [-0.3, -0.25) is 14.2 Å². The second-order valence-corrected chi connectivity index (χ2v) is 6.67. The molecule has 0 unspecified atom stereocenters. The molecule has 3 rings (SSSR count). The smallest absolute Gasteiger partial charge is 0.261 e. The maximum atomic E-state index is 12.7. The zero-order valence-corrected chi connectivity index (χ0v) is 15.3. The van der Waals surface area contributed by atoms with Gasteiger partial charge >= 0.3 is 0 Å². The van der Waals surface area contributed by atoms with E-state index >= 15 is 0 Å². The monoisotopic (exact) mass is 373 g/mol. The van der Waals surface area contributed by atoms with Crippen LogP contribution in [-0.2, 0) is 13.6 Å². The van der Waals surface area contributed by atoms with Crippen molar-refractivity contribution in [2.75, 3.05) is 7.05 Å². The molecule has 0 bridgehead atoms. The Morgan fingerprint density at radius 3 is 2.76 bits per heavy atom. The van der Waals surface area contributed by atoms with Gasteiger partial charge in [-0.15, -0.1) is 0 Å². The highest BCUT2D eigenvalue weighted by molar-refractivity contribution is 7.71. The Kier molecular flexibility index (Phi) is 4.74. The zero-order valence-electron chi connectivity index (χ0n) is 13.7. The van der Waals surface area contributed by atoms with Crippen LogP contribution in [0.2, 0.25) is 5.02 Å². The van der Waals surface area contributed by atoms with E-state index in [0.717, 1.165) is 5.56 Å². The Morgan fingerprint density at radius 1 is 1.28 bits per heavy atom. The van der Waals surface area contributed by atoms with Gasteiger partial charge in [0.1, 0.15) is 0 Å². The van der Waals surface area contributed by atoms with Gasteiger partial charge < -0.3 is 9.88 Å². The lowest BCUT2D eigenvalue weighted by Gasteiger charge is -2.18. The van der Waals surface area contributed by atoms with Crippen LogP contribution in [0, 0.1) is 4.77 Å². The van der Waals surface area contributed by atoms with Crippen LogP contribution in [0.15, 0.2) is 47.3 Å². The van der Waals surface area contributed by atoms with Gasteiger partial charge in [-0.2, -0.15) is 0 Å². The second-order valence-electron chi connectivity index (χ2n) is 5.85. The third kappa shape index (κ3) is 3.50. The van der Waals surface area contributed by atoms with E-state index in [1.54, 1.807) is 43.3 Å². The van der Waals surface area contributed by atoms with Crippen molar-refractivity contribution in [1.29, 1.82) is 0 Å². The number of halogens is 1. The molecular weight excluding hydrogens is 358 g/mol. The summed E-state index contributed by atoms with van der Waals surface area (Å²) in [5.41, 5.74) is 1.79. The third-order valence-corrected chi connectivity index (χ3v) is 4.61. The largest absolute Gasteiger partial charge is 0.337 e. The molecule has 0 atom stereocenters. The van der Waals surface area contributed by atoms with Crippen LogP contribution in [0.1, 0.15) is 15.9 Å². The Morgan fingerprint density at radius 2 is 2.04 bits per heavy atom. The van der Waals surface area contributed by atoms with E-state index in [1.165, 1.54) is 4.57 Å². The number of nitrogens with zero attached hydrogens (tertiary/aromatic N) is 2. The fourth-order valence-corrected chi connectivity index (χ4v) is 3.05. The molecule has 1 amide bonds. The van der Waals surface area contributed by atoms with Crippen LogP contribution in [0.3, 0.4) is 0 Å². The number of hydrogen-bond acceptors (Lipinski definition) is 3. The average Bonchev–Trinajstić information content (AvgIpc) is 2.58. The first kappa shape index (κ1) is 17.4. The number of carbonyl (C=O) groups excluding carboxylic acids is 1. The lowest BCUT2D eigenvalue weighted by atomic mass is 10.1. The van der Waals surface area contributed by atoms with Crippen molar-refractivity contribution in [3.8, 4) is 0 Å². The number of aromatic nitrogens is 2. The number of aromatic amines is 1. The molecule has 0 aliphatic rings. The van der Waals surface area contributed by atoms with E-state index in [2.05, 4.69) is 4.98 Å². The molecule has 0 radical (unpaired) electrons. The molecule has 1 aromatic heterocycles. The lowest BCUT2D eigenvalue weighted by molar-refractivity contribution is 0.0785. The summed E-state index contributed by atoms with van der Waals surface area (Å²) in [7, 11) is 3.33. The van der Waals surface area contributed by atoms with Gasteiger partial charge in [0.2, 0.25) is 0 Å². The molecule has 1 N–H and O–H groups in total. The maximum Gasteiger partial charge on any atom is 0.261 e. The molecule has 1 heterocycles. The van der Waals surface area contributed by atoms with Crippen molar-refractivity contribution in [2.24, 2.45) is 7.05 Å². The molecule has 0 spiro atoms. The quantitative estimate of drug-likeness (QED) is 0.714. The highest BCUT2D eigenvalue weighted by Crippen LogP contribution is 2.15. The van der Waals surface area contributed by atoms with Gasteiger partial charge in [0.25, 0.3) is 11.5 Å². The van der Waals surface area contributed by atoms with Gasteiger partial charge in [-0.05, 0) is 48.1 Å². The summed E-state index contributed by atoms with van der Waals surface area (Å²) in [5, 5.41) is 1.12. The SMILES string of the molecule is CN(Cc1cccc(Cl)c1)C(=O)c1ccc2c(=O)n(C)c(=S)[nH]c2c1. The molecule has 128 valence electrons. The minimum absolute atomic E-state index is 0.151. The van der Waals surface area contributed by atoms with Crippen molar-refractivity contribution >= 4 is 40.6 Å². The van der Waals surface area contributed by atoms with E-state index < -0.39 is 0 Å². The molecule has 0 fully saturated rings. The summed E-state index contributed by atoms with van der Waals surface area (Å²) < 4.78 is 1.68. The lowest BCUT2D eigenvalue weighted by Crippen LogP contribution is -2.26. The number of hydrogen-bond donors (Lipinski definition) is 1. The average molecular weight is 374 g/mol. The Labute approximate surface area is 154 Å². The molecule has 0 saturated carbocycles. The number of fused-ring (bicyclic) bond motifs is 1. The summed E-state index contributed by atoms with van der Waals surface area (Å²) in [5.74, 6) is -0.151. The summed E-state index contributed by atoms with van der Waals surface area (Å²) in [6.07, 6.45) is 0. The van der Waals surface area contributed by atoms with Crippen LogP contribution >= 0.6 is 23.8 Å². The Bertz CT molecular complexity index is 1090. The number of rotatable bonds is 3. The van der Waals surface area contributed by atoms with E-state index in [9.17, 15) is 9.59 Å². The molecule has 0 saturated heterocycles. The third-order valence-electron chi connectivity index (χ3n) is 4.00. The number of carbonyl (C=O) groups is 1. The summed E-state index contributed by atoms with van der Waals surface area (Å²) in [6, 6.07) is 12.3. The van der Waals surface area contributed by atoms with Crippen LogP contribution in [0.5, 0.6) is 0 Å². The van der Waals surface area contributed by atoms with Gasteiger partial charge in [0, 0.05) is 31.2 Å². The maximum absolute atomic E-state index is 12.7. The minimum Gasteiger partial charge on any atom is -0.337 e. The molecule has 25 heavy (non-hydrogen) atoms. The molecule has 5 nitrogen and oxygen atoms in total. The molecule has 3 aromatic rings. The van der Waals surface area contributed by atoms with Crippen molar-refractivity contribution in [1.82, 2.24) is 14.5 Å². The van der Waals surface area contributed by atoms with E-state index in [4.69, 9.17) is 23.8 Å². The van der Waals surface area contributed by atoms with E-state index in [-0.39, 0.29) is 11.5 Å². The minimum atomic E-state index is -0.190. The van der Waals surface area contributed by atoms with Crippen molar-refractivity contribution < 1.29 is 4.79 Å². The first-order valence-corrected chi connectivity index (χ1v) is 8.38. The molecule has 7 heteroatoms. The highest BCUT2D eigenvalue weighted by Gasteiger charge is 2.14. The molecule has 2 aromatic carbocycles. The zero-order chi connectivity index (χ0) is 18.1. The van der Waals surface area contributed by atoms with E-state index in [0.29, 0.717) is 32.8 Å². The van der Waals surface area contributed by atoms with Crippen molar-refractivity contribution in [3.63, 3.8) is 0 Å². The first-order chi connectivity index (χ1) is 11.9. The Balaban J connectivity index is 1.93. The van der Waals surface area contributed by atoms with Crippen molar-refractivity contribution in [2.45, 2.75) is 6.54 Å². The van der Waals surface area contributed by atoms with Gasteiger partial charge in [-0.25, -0.2) is 0 Å². The van der Waals surface area contributed by atoms with Crippen LogP contribution in [0.25, 0.3) is 10.9 Å². The standard InChI is InChI=1S/C18H16ClN3O2S/c1-21(10-11-4-3-5-13(19)8-11)16(23)12-6-7-14-15(9-12)20-18(25)22(2)17(14)24/h3-9H,10H2,1-2H3,(H,20,25). The highest BCUT2D eigenvalue weighted by atomic mass is 35.5. The number of H-pyrrole nitrogens is 1. The van der Waals surface area contributed by atoms with Crippen LogP contribution < -0.4 is 5.56 Å². The van der Waals surface area contributed by atoms with Gasteiger partial charge in [0.05, 0.1) is 10.9 Å². The molecule has 0 aliphatic carbocycles. The van der Waals surface area contributed by atoms with Crippen LogP contribution in [0.4, 0.5) is 0 Å². The summed E-state index contributed by atoms with van der Waals surface area (Å²) in [6.45, 7) is 0.435. The Hall–Kier alpha value is -2.44. The normalized spacial score (nSPS) is 10.8. The second kappa shape index (κ2) is 6.82. The van der Waals surface area contributed by atoms with Crippen molar-refractivity contribution in [3.05, 3.63) is 73.7 Å². The predicted octanol–water partition coefficient (Wildman–Crippen LogP) is 3.52. The van der Waals surface area contributed by atoms with Crippen LogP contribution in [-0.4, -0.2) is 27.4 Å². The van der Waals surface area contributed by atoms with Gasteiger partial charge in [0.15, 0.2) is 4.77 Å². The molecule has 0 aliphatic heterocycles. The topological polar surface area (TPSA) is 58.1 Å². The summed E-state index contributed by atoms with van der Waals surface area (Å²) in [4.78, 5) is 29.5. The number of benzene rings is 2. The number of nitrogens with one attached hydrogen (secondary N) is 1.